The van der Waals surface area contributed by atoms with Gasteiger partial charge in [-0.2, -0.15) is 0 Å². The number of nitrogens with two attached hydrogens (primary N) is 3. The second-order valence-electron chi connectivity index (χ2n) is 4.88. The van der Waals surface area contributed by atoms with Gasteiger partial charge in [0.2, 0.25) is 0 Å². The van der Waals surface area contributed by atoms with Crippen LogP contribution in [-0.4, -0.2) is 67.8 Å². The fraction of sp³-hybridized carbons (Fsp3) is 0.667. The van der Waals surface area contributed by atoms with E-state index >= 15 is 0 Å². The minimum absolute atomic E-state index is 0.0744. The van der Waals surface area contributed by atoms with Crippen LogP contribution in [0.4, 0.5) is 0 Å². The van der Waals surface area contributed by atoms with Crippen molar-refractivity contribution in [3.63, 3.8) is 0 Å². The number of aliphatic hydroxyl groups excluding tert-OH is 4. The van der Waals surface area contributed by atoms with Crippen molar-refractivity contribution in [2.75, 3.05) is 13.2 Å². The first kappa shape index (κ1) is 17.9. The summed E-state index contributed by atoms with van der Waals surface area (Å²) in [5, 5.41) is 37.9. The Hall–Kier alpha value is -1.20. The van der Waals surface area contributed by atoms with E-state index in [0.717, 1.165) is 0 Å². The topological polar surface area (TPSA) is 185 Å². The summed E-state index contributed by atoms with van der Waals surface area (Å²) in [6.45, 7) is -0.411. The SMILES string of the molecule is NC[C@H](O)[C@@H](N)C(O)c1cnc(C[C@H](O)[C@H](N)CO)cn1. The fourth-order valence-corrected chi connectivity index (χ4v) is 1.67. The predicted molar refractivity (Wildman–Crippen MR) is 74.8 cm³/mol. The van der Waals surface area contributed by atoms with Gasteiger partial charge in [-0.15, -0.1) is 0 Å². The van der Waals surface area contributed by atoms with E-state index in [1.165, 1.54) is 12.4 Å². The molecule has 0 spiro atoms. The molecule has 0 aliphatic heterocycles. The summed E-state index contributed by atoms with van der Waals surface area (Å²) in [5.74, 6) is 0. The molecule has 0 saturated heterocycles. The van der Waals surface area contributed by atoms with Crippen LogP contribution < -0.4 is 17.2 Å². The first-order valence-electron chi connectivity index (χ1n) is 6.57. The summed E-state index contributed by atoms with van der Waals surface area (Å²) in [6.07, 6.45) is -0.391. The van der Waals surface area contributed by atoms with Crippen LogP contribution in [0.5, 0.6) is 0 Å². The molecule has 10 N–H and O–H groups in total. The highest BCUT2D eigenvalue weighted by molar-refractivity contribution is 5.09. The van der Waals surface area contributed by atoms with Crippen molar-refractivity contribution in [2.45, 2.75) is 36.8 Å². The smallest absolute Gasteiger partial charge is 0.115 e. The molecule has 0 aliphatic carbocycles. The highest BCUT2D eigenvalue weighted by Gasteiger charge is 2.25. The van der Waals surface area contributed by atoms with Crippen molar-refractivity contribution in [2.24, 2.45) is 17.2 Å². The first-order valence-corrected chi connectivity index (χ1v) is 6.57. The molecule has 21 heavy (non-hydrogen) atoms. The van der Waals surface area contributed by atoms with Crippen molar-refractivity contribution in [1.82, 2.24) is 9.97 Å². The van der Waals surface area contributed by atoms with Crippen LogP contribution in [0.25, 0.3) is 0 Å². The Morgan fingerprint density at radius 2 is 1.71 bits per heavy atom. The second-order valence-corrected chi connectivity index (χ2v) is 4.88. The van der Waals surface area contributed by atoms with Crippen molar-refractivity contribution < 1.29 is 20.4 Å². The third-order valence-corrected chi connectivity index (χ3v) is 3.20. The Morgan fingerprint density at radius 1 is 1.05 bits per heavy atom. The second kappa shape index (κ2) is 8.29. The highest BCUT2D eigenvalue weighted by Crippen LogP contribution is 2.15. The lowest BCUT2D eigenvalue weighted by Gasteiger charge is -2.22. The maximum atomic E-state index is 9.94. The lowest BCUT2D eigenvalue weighted by atomic mass is 10.0. The monoisotopic (exact) mass is 301 g/mol. The average Bonchev–Trinajstić information content (AvgIpc) is 2.52. The predicted octanol–water partition coefficient (Wildman–Crippen LogP) is -3.62. The van der Waals surface area contributed by atoms with E-state index in [1.54, 1.807) is 0 Å². The highest BCUT2D eigenvalue weighted by atomic mass is 16.3. The summed E-state index contributed by atoms with van der Waals surface area (Å²) >= 11 is 0. The minimum atomic E-state index is -1.20. The molecular formula is C12H23N5O4. The Labute approximate surface area is 122 Å². The maximum Gasteiger partial charge on any atom is 0.115 e. The van der Waals surface area contributed by atoms with Gasteiger partial charge in [0.1, 0.15) is 6.10 Å². The number of rotatable bonds is 8. The van der Waals surface area contributed by atoms with Gasteiger partial charge in [0, 0.05) is 19.2 Å². The summed E-state index contributed by atoms with van der Waals surface area (Å²) < 4.78 is 0. The zero-order chi connectivity index (χ0) is 16.0. The van der Waals surface area contributed by atoms with Crippen LogP contribution in [-0.2, 0) is 6.42 Å². The van der Waals surface area contributed by atoms with Crippen molar-refractivity contribution in [1.29, 1.82) is 0 Å². The molecule has 0 saturated carbocycles. The zero-order valence-corrected chi connectivity index (χ0v) is 11.6. The normalized spacial score (nSPS) is 18.8. The van der Waals surface area contributed by atoms with E-state index in [1.807, 2.05) is 0 Å². The number of nitrogens with zero attached hydrogens (tertiary/aromatic N) is 2. The largest absolute Gasteiger partial charge is 0.395 e. The molecule has 0 amide bonds. The van der Waals surface area contributed by atoms with Gasteiger partial charge in [0.05, 0.1) is 48.5 Å². The van der Waals surface area contributed by atoms with Crippen LogP contribution >= 0.6 is 0 Å². The van der Waals surface area contributed by atoms with Crippen LogP contribution in [0.2, 0.25) is 0 Å². The van der Waals surface area contributed by atoms with E-state index in [4.69, 9.17) is 22.3 Å². The molecule has 1 heterocycles. The van der Waals surface area contributed by atoms with E-state index in [9.17, 15) is 15.3 Å². The molecule has 9 nitrogen and oxygen atoms in total. The summed E-state index contributed by atoms with van der Waals surface area (Å²) in [5.41, 5.74) is 17.1. The van der Waals surface area contributed by atoms with Gasteiger partial charge < -0.3 is 37.6 Å². The quantitative estimate of drug-likeness (QED) is 0.254. The number of hydrogen-bond acceptors (Lipinski definition) is 9. The van der Waals surface area contributed by atoms with Gasteiger partial charge in [-0.1, -0.05) is 0 Å². The van der Waals surface area contributed by atoms with Crippen molar-refractivity contribution in [3.8, 4) is 0 Å². The average molecular weight is 301 g/mol. The molecule has 0 aromatic carbocycles. The van der Waals surface area contributed by atoms with Gasteiger partial charge in [-0.05, 0) is 0 Å². The standard InChI is InChI=1S/C12H23N5O4/c13-2-10(20)11(15)12(21)8-4-16-6(3-17-8)1-9(19)7(14)5-18/h3-4,7,9-12,18-21H,1-2,5,13-15H2/t7-,9+,10+,11-,12?/m1/s1. The summed E-state index contributed by atoms with van der Waals surface area (Å²) in [6, 6.07) is -1.73. The molecule has 5 atom stereocenters. The number of hydrogen-bond donors (Lipinski definition) is 7. The Bertz CT molecular complexity index is 419. The molecule has 9 heteroatoms. The molecule has 1 aromatic heterocycles. The van der Waals surface area contributed by atoms with Crippen LogP contribution in [0.1, 0.15) is 17.5 Å². The Morgan fingerprint density at radius 3 is 2.19 bits per heavy atom. The molecule has 1 rings (SSSR count). The third kappa shape index (κ3) is 4.93. The van der Waals surface area contributed by atoms with E-state index in [0.29, 0.717) is 5.69 Å². The van der Waals surface area contributed by atoms with E-state index in [2.05, 4.69) is 9.97 Å². The van der Waals surface area contributed by atoms with Gasteiger partial charge in [-0.25, -0.2) is 0 Å². The molecule has 0 aliphatic rings. The van der Waals surface area contributed by atoms with Crippen molar-refractivity contribution >= 4 is 0 Å². The van der Waals surface area contributed by atoms with Gasteiger partial charge in [0.15, 0.2) is 0 Å². The molecule has 0 bridgehead atoms. The Balaban J connectivity index is 2.69. The molecule has 120 valence electrons. The molecule has 1 unspecified atom stereocenters. The molecule has 0 radical (unpaired) electrons. The molecular weight excluding hydrogens is 278 g/mol. The fourth-order valence-electron chi connectivity index (χ4n) is 1.67. The maximum absolute atomic E-state index is 9.94. The zero-order valence-electron chi connectivity index (χ0n) is 11.6. The van der Waals surface area contributed by atoms with Gasteiger partial charge in [0.25, 0.3) is 0 Å². The van der Waals surface area contributed by atoms with Crippen LogP contribution in [0.3, 0.4) is 0 Å². The Kier molecular flexibility index (Phi) is 7.05. The number of aromatic nitrogens is 2. The minimum Gasteiger partial charge on any atom is -0.395 e. The lowest BCUT2D eigenvalue weighted by Crippen LogP contribution is -2.44. The van der Waals surface area contributed by atoms with Crippen molar-refractivity contribution in [3.05, 3.63) is 23.8 Å². The summed E-state index contributed by atoms with van der Waals surface area (Å²) in [4.78, 5) is 8.03. The molecule has 0 fully saturated rings. The van der Waals surface area contributed by atoms with Gasteiger partial charge >= 0.3 is 0 Å². The summed E-state index contributed by atoms with van der Waals surface area (Å²) in [7, 11) is 0. The molecule has 1 aromatic rings. The van der Waals surface area contributed by atoms with Gasteiger partial charge in [-0.3, -0.25) is 9.97 Å². The lowest BCUT2D eigenvalue weighted by molar-refractivity contribution is 0.0571. The van der Waals surface area contributed by atoms with E-state index in [-0.39, 0.29) is 25.3 Å². The first-order chi connectivity index (χ1) is 9.90. The van der Waals surface area contributed by atoms with E-state index < -0.39 is 30.4 Å². The number of aliphatic hydroxyl groups is 4. The third-order valence-electron chi connectivity index (χ3n) is 3.20. The van der Waals surface area contributed by atoms with Crippen LogP contribution in [0, 0.1) is 0 Å². The van der Waals surface area contributed by atoms with Crippen LogP contribution in [0.15, 0.2) is 12.4 Å².